The second-order valence-electron chi connectivity index (χ2n) is 4.09. The highest BCUT2D eigenvalue weighted by Gasteiger charge is 2.23. The van der Waals surface area contributed by atoms with Crippen LogP contribution in [0.2, 0.25) is 0 Å². The maximum Gasteiger partial charge on any atom is 0.282 e. The van der Waals surface area contributed by atoms with Gasteiger partial charge >= 0.3 is 0 Å². The van der Waals surface area contributed by atoms with Gasteiger partial charge in [0, 0.05) is 18.0 Å². The van der Waals surface area contributed by atoms with Crippen LogP contribution in [0.15, 0.2) is 24.3 Å². The molecule has 0 aliphatic carbocycles. The molecule has 0 spiro atoms. The van der Waals surface area contributed by atoms with Gasteiger partial charge in [0.1, 0.15) is 6.54 Å². The van der Waals surface area contributed by atoms with Crippen LogP contribution in [-0.2, 0) is 11.2 Å². The maximum absolute atomic E-state index is 11.9. The number of hydrogen-bond donors (Lipinski definition) is 1. The minimum Gasteiger partial charge on any atom is -0.324 e. The topological polar surface area (TPSA) is 49.4 Å². The van der Waals surface area contributed by atoms with Crippen molar-refractivity contribution in [3.05, 3.63) is 29.8 Å². The zero-order valence-electron chi connectivity index (χ0n) is 10.3. The Kier molecular flexibility index (Phi) is 4.25. The highest BCUT2D eigenvalue weighted by molar-refractivity contribution is 8.13. The van der Waals surface area contributed by atoms with Gasteiger partial charge in [-0.1, -0.05) is 36.9 Å². The van der Waals surface area contributed by atoms with Crippen LogP contribution in [0.3, 0.4) is 0 Å². The molecule has 1 aliphatic heterocycles. The van der Waals surface area contributed by atoms with Crippen LogP contribution in [0.4, 0.5) is 10.5 Å². The predicted molar refractivity (Wildman–Crippen MR) is 73.9 cm³/mol. The van der Waals surface area contributed by atoms with E-state index in [9.17, 15) is 9.59 Å². The van der Waals surface area contributed by atoms with Gasteiger partial charge in [-0.2, -0.15) is 0 Å². The zero-order chi connectivity index (χ0) is 13.0. The lowest BCUT2D eigenvalue weighted by atomic mass is 10.1. The first-order chi connectivity index (χ1) is 8.70. The zero-order valence-corrected chi connectivity index (χ0v) is 11.1. The Hall–Kier alpha value is -1.49. The lowest BCUT2D eigenvalue weighted by molar-refractivity contribution is -0.116. The standard InChI is InChI=1S/C13H16N2O2S/c1-2-10-5-3-4-6-11(10)14-12(16)9-15-7-8-18-13(15)17/h3-6H,2,7-9H2,1H3,(H,14,16). The molecule has 2 amide bonds. The van der Waals surface area contributed by atoms with Gasteiger partial charge in [0.25, 0.3) is 5.24 Å². The van der Waals surface area contributed by atoms with Crippen LogP contribution in [0.5, 0.6) is 0 Å². The largest absolute Gasteiger partial charge is 0.324 e. The smallest absolute Gasteiger partial charge is 0.282 e. The summed E-state index contributed by atoms with van der Waals surface area (Å²) < 4.78 is 0. The molecule has 1 aromatic rings. The molecule has 1 N–H and O–H groups in total. The molecule has 1 aliphatic rings. The van der Waals surface area contributed by atoms with Crippen molar-refractivity contribution in [1.82, 2.24) is 4.90 Å². The Morgan fingerprint density at radius 2 is 2.22 bits per heavy atom. The third-order valence-corrected chi connectivity index (χ3v) is 3.74. The average Bonchev–Trinajstić information content (AvgIpc) is 2.75. The van der Waals surface area contributed by atoms with Crippen LogP contribution >= 0.6 is 11.8 Å². The van der Waals surface area contributed by atoms with Crippen LogP contribution in [-0.4, -0.2) is 34.9 Å². The summed E-state index contributed by atoms with van der Waals surface area (Å²) >= 11 is 1.27. The van der Waals surface area contributed by atoms with Crippen molar-refractivity contribution in [1.29, 1.82) is 0 Å². The Labute approximate surface area is 111 Å². The lowest BCUT2D eigenvalue weighted by Crippen LogP contribution is -2.33. The number of amides is 2. The van der Waals surface area contributed by atoms with E-state index in [0.717, 1.165) is 23.4 Å². The molecule has 1 aromatic carbocycles. The fourth-order valence-corrected chi connectivity index (χ4v) is 2.71. The molecular formula is C13H16N2O2S. The summed E-state index contributed by atoms with van der Waals surface area (Å²) in [5, 5.41) is 2.86. The van der Waals surface area contributed by atoms with Gasteiger partial charge in [-0.3, -0.25) is 9.59 Å². The third kappa shape index (κ3) is 3.04. The number of nitrogens with one attached hydrogen (secondary N) is 1. The second-order valence-corrected chi connectivity index (χ2v) is 5.14. The SMILES string of the molecule is CCc1ccccc1NC(=O)CN1CCSC1=O. The van der Waals surface area contributed by atoms with Gasteiger partial charge in [0.2, 0.25) is 5.91 Å². The number of carbonyl (C=O) groups excluding carboxylic acids is 2. The van der Waals surface area contributed by atoms with Crippen molar-refractivity contribution in [2.75, 3.05) is 24.2 Å². The molecule has 1 fully saturated rings. The highest BCUT2D eigenvalue weighted by atomic mass is 32.2. The quantitative estimate of drug-likeness (QED) is 0.908. The van der Waals surface area contributed by atoms with Crippen LogP contribution in [0.1, 0.15) is 12.5 Å². The van der Waals surface area contributed by atoms with Gasteiger partial charge in [-0.25, -0.2) is 0 Å². The summed E-state index contributed by atoms with van der Waals surface area (Å²) in [5.41, 5.74) is 1.94. The lowest BCUT2D eigenvalue weighted by Gasteiger charge is -2.15. The molecule has 0 bridgehead atoms. The van der Waals surface area contributed by atoms with Gasteiger partial charge in [0.05, 0.1) is 0 Å². The van der Waals surface area contributed by atoms with Crippen molar-refractivity contribution in [3.8, 4) is 0 Å². The van der Waals surface area contributed by atoms with Crippen LogP contribution < -0.4 is 5.32 Å². The van der Waals surface area contributed by atoms with Gasteiger partial charge < -0.3 is 10.2 Å². The van der Waals surface area contributed by atoms with E-state index in [2.05, 4.69) is 5.32 Å². The first-order valence-electron chi connectivity index (χ1n) is 6.00. The Morgan fingerprint density at radius 1 is 1.44 bits per heavy atom. The third-order valence-electron chi connectivity index (χ3n) is 2.85. The molecule has 96 valence electrons. The fourth-order valence-electron chi connectivity index (χ4n) is 1.88. The number of carbonyl (C=O) groups is 2. The van der Waals surface area contributed by atoms with E-state index in [1.807, 2.05) is 31.2 Å². The van der Waals surface area contributed by atoms with E-state index in [4.69, 9.17) is 0 Å². The van der Waals surface area contributed by atoms with E-state index in [1.165, 1.54) is 11.8 Å². The number of benzene rings is 1. The van der Waals surface area contributed by atoms with E-state index in [1.54, 1.807) is 4.90 Å². The normalized spacial score (nSPS) is 14.9. The summed E-state index contributed by atoms with van der Waals surface area (Å²) in [4.78, 5) is 24.8. The van der Waals surface area contributed by atoms with E-state index in [0.29, 0.717) is 6.54 Å². The summed E-state index contributed by atoms with van der Waals surface area (Å²) in [6.45, 7) is 2.85. The molecular weight excluding hydrogens is 248 g/mol. The molecule has 2 rings (SSSR count). The number of para-hydroxylation sites is 1. The molecule has 0 aromatic heterocycles. The summed E-state index contributed by atoms with van der Waals surface area (Å²) in [6.07, 6.45) is 0.870. The van der Waals surface area contributed by atoms with Crippen molar-refractivity contribution < 1.29 is 9.59 Å². The monoisotopic (exact) mass is 264 g/mol. The molecule has 1 heterocycles. The molecule has 1 saturated heterocycles. The van der Waals surface area contributed by atoms with Gasteiger partial charge in [-0.05, 0) is 18.1 Å². The number of nitrogens with zero attached hydrogens (tertiary/aromatic N) is 1. The van der Waals surface area contributed by atoms with Crippen molar-refractivity contribution in [3.63, 3.8) is 0 Å². The number of aryl methyl sites for hydroxylation is 1. The predicted octanol–water partition coefficient (Wildman–Crippen LogP) is 2.36. The molecule has 0 saturated carbocycles. The van der Waals surface area contributed by atoms with Crippen LogP contribution in [0, 0.1) is 0 Å². The van der Waals surface area contributed by atoms with E-state index >= 15 is 0 Å². The molecule has 0 radical (unpaired) electrons. The molecule has 4 nitrogen and oxygen atoms in total. The Balaban J connectivity index is 1.96. The van der Waals surface area contributed by atoms with Crippen molar-refractivity contribution in [2.45, 2.75) is 13.3 Å². The fraction of sp³-hybridized carbons (Fsp3) is 0.385. The molecule has 0 atom stereocenters. The minimum atomic E-state index is -0.133. The Morgan fingerprint density at radius 3 is 2.89 bits per heavy atom. The number of hydrogen-bond acceptors (Lipinski definition) is 3. The highest BCUT2D eigenvalue weighted by Crippen LogP contribution is 2.18. The average molecular weight is 264 g/mol. The van der Waals surface area contributed by atoms with E-state index < -0.39 is 0 Å². The van der Waals surface area contributed by atoms with E-state index in [-0.39, 0.29) is 17.7 Å². The summed E-state index contributed by atoms with van der Waals surface area (Å²) in [6, 6.07) is 7.73. The van der Waals surface area contributed by atoms with Gasteiger partial charge in [0.15, 0.2) is 0 Å². The first-order valence-corrected chi connectivity index (χ1v) is 6.98. The molecule has 5 heteroatoms. The van der Waals surface area contributed by atoms with Crippen molar-refractivity contribution >= 4 is 28.6 Å². The Bertz CT molecular complexity index is 462. The van der Waals surface area contributed by atoms with Gasteiger partial charge in [-0.15, -0.1) is 0 Å². The minimum absolute atomic E-state index is 0.00562. The second kappa shape index (κ2) is 5.91. The maximum atomic E-state index is 11.9. The first kappa shape index (κ1) is 13.0. The molecule has 18 heavy (non-hydrogen) atoms. The van der Waals surface area contributed by atoms with Crippen molar-refractivity contribution in [2.24, 2.45) is 0 Å². The summed E-state index contributed by atoms with van der Waals surface area (Å²) in [7, 11) is 0. The number of anilines is 1. The summed E-state index contributed by atoms with van der Waals surface area (Å²) in [5.74, 6) is 0.643. The van der Waals surface area contributed by atoms with Crippen LogP contribution in [0.25, 0.3) is 0 Å². The number of rotatable bonds is 4. The number of thioether (sulfide) groups is 1. The molecule has 0 unspecified atom stereocenters.